The number of primary amides is 1. The van der Waals surface area contributed by atoms with Crippen molar-refractivity contribution in [1.82, 2.24) is 14.5 Å². The first-order chi connectivity index (χ1) is 10.0. The number of hydrogen-bond acceptors (Lipinski definition) is 6. The van der Waals surface area contributed by atoms with Gasteiger partial charge < -0.3 is 25.5 Å². The van der Waals surface area contributed by atoms with Gasteiger partial charge in [-0.3, -0.25) is 4.79 Å². The van der Waals surface area contributed by atoms with E-state index in [9.17, 15) is 9.90 Å². The molecule has 0 unspecified atom stereocenters. The number of carbonyl (C=O) groups is 1. The van der Waals surface area contributed by atoms with Crippen molar-refractivity contribution in [3.8, 4) is 0 Å². The third-order valence-electron chi connectivity index (χ3n) is 3.78. The number of amides is 1. The first-order valence-corrected chi connectivity index (χ1v) is 6.69. The number of nitrogens with one attached hydrogen (secondary N) is 1. The second-order valence-electron chi connectivity index (χ2n) is 5.08. The predicted octanol–water partition coefficient (Wildman–Crippen LogP) is 0.240. The van der Waals surface area contributed by atoms with Crippen molar-refractivity contribution in [3.63, 3.8) is 0 Å². The van der Waals surface area contributed by atoms with E-state index < -0.39 is 12.0 Å². The summed E-state index contributed by atoms with van der Waals surface area (Å²) in [7, 11) is 1.71. The van der Waals surface area contributed by atoms with Crippen molar-refractivity contribution in [2.45, 2.75) is 31.8 Å². The summed E-state index contributed by atoms with van der Waals surface area (Å²) in [6.07, 6.45) is 2.25. The number of hydrogen-bond donors (Lipinski definition) is 3. The van der Waals surface area contributed by atoms with Crippen LogP contribution in [0.4, 0.5) is 5.82 Å². The summed E-state index contributed by atoms with van der Waals surface area (Å²) in [6, 6.07) is 0. The first-order valence-electron chi connectivity index (χ1n) is 6.69. The van der Waals surface area contributed by atoms with Gasteiger partial charge in [-0.05, 0) is 6.92 Å². The first kappa shape index (κ1) is 13.8. The molecule has 3 heterocycles. The Morgan fingerprint density at radius 3 is 2.90 bits per heavy atom. The fourth-order valence-electron chi connectivity index (χ4n) is 2.65. The highest BCUT2D eigenvalue weighted by molar-refractivity contribution is 6.09. The number of rotatable bonds is 3. The molecule has 0 aromatic carbocycles. The Morgan fingerprint density at radius 1 is 1.57 bits per heavy atom. The van der Waals surface area contributed by atoms with Gasteiger partial charge in [0.1, 0.15) is 24.0 Å². The molecule has 1 saturated heterocycles. The number of aliphatic hydroxyl groups excluding tert-OH is 1. The fourth-order valence-corrected chi connectivity index (χ4v) is 2.65. The number of ether oxygens (including phenoxy) is 1. The average Bonchev–Trinajstić information content (AvgIpc) is 3.00. The molecule has 0 spiro atoms. The standard InChI is InChI=1S/C13H17N5O3/c1-6-8(19)3-9(21-6)18-4-7(11(14)20)10-12(15-2)16-5-17-13(10)18/h4-6,8-9,19H,3H2,1-2H3,(H2,14,20)(H,15,16,17)/t6-,8+,9-/m1/s1. The van der Waals surface area contributed by atoms with E-state index in [1.165, 1.54) is 6.33 Å². The second kappa shape index (κ2) is 4.97. The van der Waals surface area contributed by atoms with Crippen molar-refractivity contribution in [3.05, 3.63) is 18.1 Å². The lowest BCUT2D eigenvalue weighted by molar-refractivity contribution is -0.00611. The molecule has 2 aromatic rings. The zero-order chi connectivity index (χ0) is 15.1. The van der Waals surface area contributed by atoms with E-state index in [0.29, 0.717) is 28.8 Å². The molecule has 0 aliphatic carbocycles. The third kappa shape index (κ3) is 2.12. The number of nitrogens with zero attached hydrogens (tertiary/aromatic N) is 3. The lowest BCUT2D eigenvalue weighted by atomic mass is 10.2. The molecule has 0 radical (unpaired) electrons. The number of anilines is 1. The predicted molar refractivity (Wildman–Crippen MR) is 75.8 cm³/mol. The van der Waals surface area contributed by atoms with Crippen molar-refractivity contribution in [2.75, 3.05) is 12.4 Å². The van der Waals surface area contributed by atoms with Crippen LogP contribution in [0.15, 0.2) is 12.5 Å². The van der Waals surface area contributed by atoms with Crippen LogP contribution in [0.5, 0.6) is 0 Å². The number of carbonyl (C=O) groups excluding carboxylic acids is 1. The molecule has 2 aromatic heterocycles. The fraction of sp³-hybridized carbons (Fsp3) is 0.462. The topological polar surface area (TPSA) is 115 Å². The maximum Gasteiger partial charge on any atom is 0.251 e. The third-order valence-corrected chi connectivity index (χ3v) is 3.78. The summed E-state index contributed by atoms with van der Waals surface area (Å²) in [5.41, 5.74) is 6.32. The van der Waals surface area contributed by atoms with E-state index in [2.05, 4.69) is 15.3 Å². The van der Waals surface area contributed by atoms with Crippen LogP contribution < -0.4 is 11.1 Å². The number of aromatic nitrogens is 3. The summed E-state index contributed by atoms with van der Waals surface area (Å²) in [6.45, 7) is 1.80. The molecular weight excluding hydrogens is 274 g/mol. The lowest BCUT2D eigenvalue weighted by Gasteiger charge is -2.13. The highest BCUT2D eigenvalue weighted by atomic mass is 16.5. The maximum absolute atomic E-state index is 11.7. The monoisotopic (exact) mass is 291 g/mol. The quantitative estimate of drug-likeness (QED) is 0.746. The molecular formula is C13H17N5O3. The van der Waals surface area contributed by atoms with Crippen LogP contribution in [0.3, 0.4) is 0 Å². The Morgan fingerprint density at radius 2 is 2.33 bits per heavy atom. The summed E-state index contributed by atoms with van der Waals surface area (Å²) < 4.78 is 7.44. The highest BCUT2D eigenvalue weighted by Gasteiger charge is 2.33. The summed E-state index contributed by atoms with van der Waals surface area (Å²) in [5.74, 6) is -0.0317. The SMILES string of the molecule is CNc1ncnc2c1c(C(N)=O)cn2[C@H]1C[C@H](O)[C@@H](C)O1. The van der Waals surface area contributed by atoms with Crippen molar-refractivity contribution >= 4 is 22.8 Å². The minimum Gasteiger partial charge on any atom is -0.390 e. The Bertz CT molecular complexity index is 688. The normalized spacial score (nSPS) is 25.4. The molecule has 21 heavy (non-hydrogen) atoms. The highest BCUT2D eigenvalue weighted by Crippen LogP contribution is 2.34. The molecule has 1 aliphatic rings. The molecule has 3 atom stereocenters. The molecule has 1 amide bonds. The van der Waals surface area contributed by atoms with Gasteiger partial charge in [-0.15, -0.1) is 0 Å². The second-order valence-corrected chi connectivity index (χ2v) is 5.08. The van der Waals surface area contributed by atoms with E-state index in [1.54, 1.807) is 24.7 Å². The van der Waals surface area contributed by atoms with Crippen molar-refractivity contribution in [2.24, 2.45) is 5.73 Å². The van der Waals surface area contributed by atoms with Crippen LogP contribution in [0.25, 0.3) is 11.0 Å². The van der Waals surface area contributed by atoms with Gasteiger partial charge >= 0.3 is 0 Å². The maximum atomic E-state index is 11.7. The Labute approximate surface area is 120 Å². The number of aliphatic hydroxyl groups is 1. The molecule has 112 valence electrons. The van der Waals surface area contributed by atoms with Crippen LogP contribution in [0.1, 0.15) is 29.9 Å². The van der Waals surface area contributed by atoms with E-state index in [-0.39, 0.29) is 12.3 Å². The van der Waals surface area contributed by atoms with Gasteiger partial charge in [-0.1, -0.05) is 0 Å². The zero-order valence-corrected chi connectivity index (χ0v) is 11.8. The molecule has 4 N–H and O–H groups in total. The molecule has 0 saturated carbocycles. The molecule has 8 heteroatoms. The zero-order valence-electron chi connectivity index (χ0n) is 11.8. The van der Waals surface area contributed by atoms with Crippen molar-refractivity contribution < 1.29 is 14.6 Å². The van der Waals surface area contributed by atoms with Crippen molar-refractivity contribution in [1.29, 1.82) is 0 Å². The summed E-state index contributed by atoms with van der Waals surface area (Å²) >= 11 is 0. The van der Waals surface area contributed by atoms with Gasteiger partial charge in [0.05, 0.1) is 23.2 Å². The van der Waals surface area contributed by atoms with Crippen LogP contribution in [0.2, 0.25) is 0 Å². The summed E-state index contributed by atoms with van der Waals surface area (Å²) in [5, 5.41) is 13.3. The number of nitrogens with two attached hydrogens (primary N) is 1. The molecule has 3 rings (SSSR count). The van der Waals surface area contributed by atoms with Crippen LogP contribution in [-0.4, -0.2) is 44.8 Å². The minimum atomic E-state index is -0.559. The molecule has 1 fully saturated rings. The molecule has 8 nitrogen and oxygen atoms in total. The lowest BCUT2D eigenvalue weighted by Crippen LogP contribution is -2.15. The van der Waals surface area contributed by atoms with Crippen LogP contribution in [0, 0.1) is 0 Å². The van der Waals surface area contributed by atoms with Gasteiger partial charge in [0.15, 0.2) is 0 Å². The minimum absolute atomic E-state index is 0.268. The molecule has 0 bridgehead atoms. The largest absolute Gasteiger partial charge is 0.390 e. The van der Waals surface area contributed by atoms with Crippen LogP contribution in [-0.2, 0) is 4.74 Å². The Kier molecular flexibility index (Phi) is 3.26. The van der Waals surface area contributed by atoms with Gasteiger partial charge in [0, 0.05) is 19.7 Å². The van der Waals surface area contributed by atoms with Crippen LogP contribution >= 0.6 is 0 Å². The van der Waals surface area contributed by atoms with Gasteiger partial charge in [0.25, 0.3) is 5.91 Å². The Balaban J connectivity index is 2.18. The average molecular weight is 291 g/mol. The van der Waals surface area contributed by atoms with Gasteiger partial charge in [-0.25, -0.2) is 9.97 Å². The van der Waals surface area contributed by atoms with E-state index in [1.807, 2.05) is 0 Å². The summed E-state index contributed by atoms with van der Waals surface area (Å²) in [4.78, 5) is 20.0. The smallest absolute Gasteiger partial charge is 0.251 e. The van der Waals surface area contributed by atoms with E-state index >= 15 is 0 Å². The molecule has 1 aliphatic heterocycles. The van der Waals surface area contributed by atoms with Gasteiger partial charge in [0.2, 0.25) is 0 Å². The van der Waals surface area contributed by atoms with Gasteiger partial charge in [-0.2, -0.15) is 0 Å². The van der Waals surface area contributed by atoms with E-state index in [4.69, 9.17) is 10.5 Å². The van der Waals surface area contributed by atoms with E-state index in [0.717, 1.165) is 0 Å². The Hall–Kier alpha value is -2.19. The number of fused-ring (bicyclic) bond motifs is 1.